The summed E-state index contributed by atoms with van der Waals surface area (Å²) in [7, 11) is 4.01. The molecule has 0 aromatic heterocycles. The fraction of sp³-hybridized carbons (Fsp3) is 0.500. The maximum atomic E-state index is 9.72. The highest BCUT2D eigenvalue weighted by Crippen LogP contribution is 2.11. The first-order valence-corrected chi connectivity index (χ1v) is 6.28. The van der Waals surface area contributed by atoms with Gasteiger partial charge in [-0.05, 0) is 38.4 Å². The van der Waals surface area contributed by atoms with E-state index in [9.17, 15) is 5.11 Å². The Morgan fingerprint density at radius 1 is 1.37 bits per heavy atom. The molecule has 5 nitrogen and oxygen atoms in total. The molecule has 1 aromatic rings. The number of nitrogens with one attached hydrogen (secondary N) is 1. The zero-order valence-electron chi connectivity index (χ0n) is 11.5. The van der Waals surface area contributed by atoms with E-state index < -0.39 is 6.10 Å². The van der Waals surface area contributed by atoms with Gasteiger partial charge >= 0.3 is 0 Å². The maximum Gasteiger partial charge on any atom is 0.119 e. The number of hydrogen-bond donors (Lipinski definition) is 2. The molecule has 0 saturated heterocycles. The van der Waals surface area contributed by atoms with Gasteiger partial charge in [0, 0.05) is 19.6 Å². The molecular formula is C14H21N3O2. The van der Waals surface area contributed by atoms with Crippen LogP contribution in [0, 0.1) is 11.3 Å². The number of aliphatic hydroxyl groups excluding tert-OH is 1. The van der Waals surface area contributed by atoms with Crippen LogP contribution in [0.3, 0.4) is 0 Å². The van der Waals surface area contributed by atoms with Crippen LogP contribution in [0.5, 0.6) is 5.75 Å². The smallest absolute Gasteiger partial charge is 0.119 e. The van der Waals surface area contributed by atoms with Gasteiger partial charge in [0.25, 0.3) is 0 Å². The molecular weight excluding hydrogens is 242 g/mol. The fourth-order valence-corrected chi connectivity index (χ4v) is 1.45. The van der Waals surface area contributed by atoms with Crippen molar-refractivity contribution >= 4 is 0 Å². The Hall–Kier alpha value is -1.61. The monoisotopic (exact) mass is 263 g/mol. The predicted octanol–water partition coefficient (Wildman–Crippen LogP) is 0.449. The molecule has 0 saturated carbocycles. The summed E-state index contributed by atoms with van der Waals surface area (Å²) < 4.78 is 5.44. The second kappa shape index (κ2) is 8.48. The molecule has 0 fully saturated rings. The van der Waals surface area contributed by atoms with E-state index in [2.05, 4.69) is 10.2 Å². The lowest BCUT2D eigenvalue weighted by Crippen LogP contribution is -2.35. The van der Waals surface area contributed by atoms with Crippen molar-refractivity contribution in [3.63, 3.8) is 0 Å². The van der Waals surface area contributed by atoms with Gasteiger partial charge in [-0.1, -0.05) is 0 Å². The molecule has 19 heavy (non-hydrogen) atoms. The van der Waals surface area contributed by atoms with Crippen LogP contribution in [0.25, 0.3) is 0 Å². The summed E-state index contributed by atoms with van der Waals surface area (Å²) in [5.74, 6) is 0.659. The molecule has 0 unspecified atom stereocenters. The standard InChI is InChI=1S/C14H21N3O2/c1-17(2)8-7-16-10-13(18)11-19-14-5-3-12(9-15)4-6-14/h3-6,13,16,18H,7-8,10-11H2,1-2H3/t13-/m0/s1. The second-order valence-electron chi connectivity index (χ2n) is 4.61. The fourth-order valence-electron chi connectivity index (χ4n) is 1.45. The lowest BCUT2D eigenvalue weighted by molar-refractivity contribution is 0.106. The number of ether oxygens (including phenoxy) is 1. The lowest BCUT2D eigenvalue weighted by Gasteiger charge is -2.14. The first-order chi connectivity index (χ1) is 9.11. The van der Waals surface area contributed by atoms with E-state index in [1.165, 1.54) is 0 Å². The van der Waals surface area contributed by atoms with Gasteiger partial charge in [-0.15, -0.1) is 0 Å². The number of aliphatic hydroxyl groups is 1. The van der Waals surface area contributed by atoms with Crippen molar-refractivity contribution in [2.45, 2.75) is 6.10 Å². The van der Waals surface area contributed by atoms with Crippen LogP contribution in [0.15, 0.2) is 24.3 Å². The SMILES string of the molecule is CN(C)CCNC[C@H](O)COc1ccc(C#N)cc1. The normalized spacial score (nSPS) is 12.2. The minimum Gasteiger partial charge on any atom is -0.491 e. The van der Waals surface area contributed by atoms with Crippen LogP contribution in [0.4, 0.5) is 0 Å². The quantitative estimate of drug-likeness (QED) is 0.667. The number of likely N-dealkylation sites (N-methyl/N-ethyl adjacent to an activating group) is 1. The van der Waals surface area contributed by atoms with Gasteiger partial charge in [0.2, 0.25) is 0 Å². The van der Waals surface area contributed by atoms with Crippen molar-refractivity contribution in [1.29, 1.82) is 5.26 Å². The molecule has 1 aromatic carbocycles. The zero-order chi connectivity index (χ0) is 14.1. The third-order valence-corrected chi connectivity index (χ3v) is 2.54. The largest absolute Gasteiger partial charge is 0.491 e. The van der Waals surface area contributed by atoms with Crippen LogP contribution in [0.2, 0.25) is 0 Å². The molecule has 0 aliphatic rings. The first-order valence-electron chi connectivity index (χ1n) is 6.28. The van der Waals surface area contributed by atoms with E-state index in [0.717, 1.165) is 13.1 Å². The number of hydrogen-bond acceptors (Lipinski definition) is 5. The minimum absolute atomic E-state index is 0.237. The second-order valence-corrected chi connectivity index (χ2v) is 4.61. The van der Waals surface area contributed by atoms with Crippen molar-refractivity contribution < 1.29 is 9.84 Å². The molecule has 0 spiro atoms. The number of benzene rings is 1. The van der Waals surface area contributed by atoms with Crippen molar-refractivity contribution in [1.82, 2.24) is 10.2 Å². The predicted molar refractivity (Wildman–Crippen MR) is 74.1 cm³/mol. The topological polar surface area (TPSA) is 68.5 Å². The van der Waals surface area contributed by atoms with Crippen LogP contribution in [-0.2, 0) is 0 Å². The van der Waals surface area contributed by atoms with Crippen molar-refractivity contribution in [3.8, 4) is 11.8 Å². The molecule has 0 amide bonds. The molecule has 1 rings (SSSR count). The van der Waals surface area contributed by atoms with Gasteiger partial charge in [0.15, 0.2) is 0 Å². The third kappa shape index (κ3) is 6.77. The summed E-state index contributed by atoms with van der Waals surface area (Å²) >= 11 is 0. The van der Waals surface area contributed by atoms with Gasteiger partial charge in [-0.3, -0.25) is 0 Å². The Morgan fingerprint density at radius 2 is 2.05 bits per heavy atom. The van der Waals surface area contributed by atoms with E-state index in [4.69, 9.17) is 10.00 Å². The number of rotatable bonds is 8. The Morgan fingerprint density at radius 3 is 2.63 bits per heavy atom. The highest BCUT2D eigenvalue weighted by atomic mass is 16.5. The first kappa shape index (κ1) is 15.4. The Balaban J connectivity index is 2.18. The van der Waals surface area contributed by atoms with Gasteiger partial charge < -0.3 is 20.1 Å². The number of nitriles is 1. The van der Waals surface area contributed by atoms with Crippen LogP contribution in [-0.4, -0.2) is 56.4 Å². The van der Waals surface area contributed by atoms with Gasteiger partial charge in [0.1, 0.15) is 18.5 Å². The average Bonchev–Trinajstić information content (AvgIpc) is 2.41. The Kier molecular flexibility index (Phi) is 6.90. The van der Waals surface area contributed by atoms with E-state index in [-0.39, 0.29) is 6.61 Å². The molecule has 5 heteroatoms. The van der Waals surface area contributed by atoms with Crippen molar-refractivity contribution in [2.75, 3.05) is 40.3 Å². The lowest BCUT2D eigenvalue weighted by atomic mass is 10.2. The van der Waals surface area contributed by atoms with Crippen LogP contribution < -0.4 is 10.1 Å². The van der Waals surface area contributed by atoms with Gasteiger partial charge in [-0.25, -0.2) is 0 Å². The minimum atomic E-state index is -0.544. The summed E-state index contributed by atoms with van der Waals surface area (Å²) in [6, 6.07) is 8.88. The van der Waals surface area contributed by atoms with E-state index >= 15 is 0 Å². The molecule has 2 N–H and O–H groups in total. The summed E-state index contributed by atoms with van der Waals surface area (Å²) in [6.07, 6.45) is -0.544. The Labute approximate surface area is 114 Å². The van der Waals surface area contributed by atoms with E-state index in [1.807, 2.05) is 20.2 Å². The maximum absolute atomic E-state index is 9.72. The zero-order valence-corrected chi connectivity index (χ0v) is 11.5. The summed E-state index contributed by atoms with van der Waals surface area (Å²) in [4.78, 5) is 2.08. The average molecular weight is 263 g/mol. The van der Waals surface area contributed by atoms with Crippen molar-refractivity contribution in [3.05, 3.63) is 29.8 Å². The number of nitrogens with zero attached hydrogens (tertiary/aromatic N) is 2. The van der Waals surface area contributed by atoms with Crippen molar-refractivity contribution in [2.24, 2.45) is 0 Å². The Bertz CT molecular complexity index is 398. The molecule has 0 aliphatic carbocycles. The third-order valence-electron chi connectivity index (χ3n) is 2.54. The molecule has 104 valence electrons. The summed E-state index contributed by atoms with van der Waals surface area (Å²) in [6.45, 7) is 2.51. The highest BCUT2D eigenvalue weighted by Gasteiger charge is 2.04. The molecule has 0 bridgehead atoms. The summed E-state index contributed by atoms with van der Waals surface area (Å²) in [5.41, 5.74) is 0.596. The van der Waals surface area contributed by atoms with E-state index in [1.54, 1.807) is 24.3 Å². The van der Waals surface area contributed by atoms with Gasteiger partial charge in [-0.2, -0.15) is 5.26 Å². The van der Waals surface area contributed by atoms with Crippen LogP contribution >= 0.6 is 0 Å². The molecule has 0 heterocycles. The van der Waals surface area contributed by atoms with Gasteiger partial charge in [0.05, 0.1) is 11.6 Å². The molecule has 1 atom stereocenters. The molecule has 0 radical (unpaired) electrons. The summed E-state index contributed by atoms with van der Waals surface area (Å²) in [5, 5.41) is 21.5. The highest BCUT2D eigenvalue weighted by molar-refractivity contribution is 5.34. The van der Waals surface area contributed by atoms with Crippen LogP contribution in [0.1, 0.15) is 5.56 Å². The molecule has 0 aliphatic heterocycles. The van der Waals surface area contributed by atoms with E-state index in [0.29, 0.717) is 17.9 Å².